The van der Waals surface area contributed by atoms with Crippen molar-refractivity contribution in [3.63, 3.8) is 0 Å². The Morgan fingerprint density at radius 2 is 2.04 bits per heavy atom. The lowest BCUT2D eigenvalue weighted by Crippen LogP contribution is -2.43. The highest BCUT2D eigenvalue weighted by Crippen LogP contribution is 2.14. The summed E-state index contributed by atoms with van der Waals surface area (Å²) in [5, 5.41) is 6.60. The molecule has 0 aromatic heterocycles. The number of nitrogens with one attached hydrogen (secondary N) is 2. The number of carbonyl (C=O) groups excluding carboxylic acids is 1. The van der Waals surface area contributed by atoms with E-state index in [1.165, 1.54) is 0 Å². The second-order valence-corrected chi connectivity index (χ2v) is 6.82. The monoisotopic (exact) mass is 484 g/mol. The molecule has 0 aromatic rings. The van der Waals surface area contributed by atoms with E-state index in [9.17, 15) is 4.79 Å². The maximum Gasteiger partial charge on any atom is 0.243 e. The smallest absolute Gasteiger partial charge is 0.243 e. The number of nitrogens with zero attached hydrogens (tertiary/aromatic N) is 2. The molecule has 0 radical (unpaired) electrons. The number of aliphatic imine (C=N–C) groups is 1. The van der Waals surface area contributed by atoms with E-state index in [0.29, 0.717) is 17.9 Å². The molecule has 0 aliphatic carbocycles. The molecule has 154 valence electrons. The van der Waals surface area contributed by atoms with E-state index in [1.807, 2.05) is 0 Å². The van der Waals surface area contributed by atoms with Gasteiger partial charge >= 0.3 is 0 Å². The standard InChI is InChI=1S/C18H36N4O3.HI/c1-5-15(2)21-18(20-13-17(23)22(3)4)19-9-6-10-25-14-16-7-11-24-12-8-16;/h15-16H,5-14H2,1-4H3,(H2,19,20,21);1H. The van der Waals surface area contributed by atoms with Gasteiger partial charge in [0.2, 0.25) is 5.91 Å². The largest absolute Gasteiger partial charge is 0.381 e. The number of ether oxygens (including phenoxy) is 2. The van der Waals surface area contributed by atoms with Crippen LogP contribution < -0.4 is 10.6 Å². The molecule has 0 bridgehead atoms. The third kappa shape index (κ3) is 11.9. The topological polar surface area (TPSA) is 75.2 Å². The first-order valence-corrected chi connectivity index (χ1v) is 9.43. The maximum absolute atomic E-state index is 11.7. The molecular weight excluding hydrogens is 447 g/mol. The van der Waals surface area contributed by atoms with Crippen molar-refractivity contribution in [3.8, 4) is 0 Å². The van der Waals surface area contributed by atoms with Crippen molar-refractivity contribution >= 4 is 35.8 Å². The average Bonchev–Trinajstić information content (AvgIpc) is 2.62. The summed E-state index contributed by atoms with van der Waals surface area (Å²) >= 11 is 0. The second-order valence-electron chi connectivity index (χ2n) is 6.82. The first kappa shape index (κ1) is 25.4. The van der Waals surface area contributed by atoms with E-state index in [2.05, 4.69) is 29.5 Å². The molecule has 1 aliphatic rings. The van der Waals surface area contributed by atoms with Crippen LogP contribution >= 0.6 is 24.0 Å². The predicted octanol–water partition coefficient (Wildman–Crippen LogP) is 1.86. The number of halogens is 1. The van der Waals surface area contributed by atoms with Gasteiger partial charge in [-0.1, -0.05) is 6.92 Å². The number of amides is 1. The van der Waals surface area contributed by atoms with Crippen LogP contribution in [0.5, 0.6) is 0 Å². The third-order valence-electron chi connectivity index (χ3n) is 4.32. The molecule has 0 aromatic carbocycles. The Hall–Kier alpha value is -0.610. The molecule has 1 fully saturated rings. The van der Waals surface area contributed by atoms with Crippen LogP contribution in [-0.2, 0) is 14.3 Å². The van der Waals surface area contributed by atoms with E-state index in [4.69, 9.17) is 9.47 Å². The van der Waals surface area contributed by atoms with Crippen LogP contribution in [0.1, 0.15) is 39.5 Å². The molecule has 1 aliphatic heterocycles. The molecule has 0 spiro atoms. The van der Waals surface area contributed by atoms with Gasteiger partial charge in [-0.2, -0.15) is 0 Å². The summed E-state index contributed by atoms with van der Waals surface area (Å²) in [5.41, 5.74) is 0. The Kier molecular flexibility index (Phi) is 15.1. The fraction of sp³-hybridized carbons (Fsp3) is 0.889. The normalized spacial score (nSPS) is 16.5. The van der Waals surface area contributed by atoms with Crippen LogP contribution in [0.15, 0.2) is 4.99 Å². The number of hydrogen-bond acceptors (Lipinski definition) is 4. The number of rotatable bonds is 10. The quantitative estimate of drug-likeness (QED) is 0.214. The lowest BCUT2D eigenvalue weighted by molar-refractivity contribution is -0.127. The first-order chi connectivity index (χ1) is 12.0. The SMILES string of the molecule is CCC(C)NC(=NCC(=O)N(C)C)NCCCOCC1CCOCC1.I. The summed E-state index contributed by atoms with van der Waals surface area (Å²) in [7, 11) is 3.48. The van der Waals surface area contributed by atoms with Crippen LogP contribution in [0.4, 0.5) is 0 Å². The predicted molar refractivity (Wildman–Crippen MR) is 116 cm³/mol. The summed E-state index contributed by atoms with van der Waals surface area (Å²) in [6.45, 7) is 8.42. The van der Waals surface area contributed by atoms with Crippen LogP contribution in [0.3, 0.4) is 0 Å². The van der Waals surface area contributed by atoms with E-state index in [-0.39, 0.29) is 36.4 Å². The Balaban J connectivity index is 0.00000625. The van der Waals surface area contributed by atoms with Gasteiger partial charge in [0, 0.05) is 53.1 Å². The minimum absolute atomic E-state index is 0. The number of hydrogen-bond donors (Lipinski definition) is 2. The van der Waals surface area contributed by atoms with E-state index in [0.717, 1.165) is 58.7 Å². The van der Waals surface area contributed by atoms with Crippen LogP contribution in [0.2, 0.25) is 0 Å². The highest BCUT2D eigenvalue weighted by atomic mass is 127. The number of guanidine groups is 1. The van der Waals surface area contributed by atoms with Crippen molar-refractivity contribution in [1.82, 2.24) is 15.5 Å². The molecule has 1 rings (SSSR count). The Morgan fingerprint density at radius 3 is 2.65 bits per heavy atom. The molecule has 1 heterocycles. The van der Waals surface area contributed by atoms with Crippen LogP contribution in [0.25, 0.3) is 0 Å². The van der Waals surface area contributed by atoms with Crippen LogP contribution in [0, 0.1) is 5.92 Å². The van der Waals surface area contributed by atoms with Gasteiger partial charge in [-0.3, -0.25) is 4.79 Å². The zero-order valence-corrected chi connectivity index (χ0v) is 19.1. The zero-order valence-electron chi connectivity index (χ0n) is 16.8. The second kappa shape index (κ2) is 15.4. The molecule has 1 atom stereocenters. The first-order valence-electron chi connectivity index (χ1n) is 9.43. The van der Waals surface area contributed by atoms with Gasteiger partial charge in [0.1, 0.15) is 6.54 Å². The minimum atomic E-state index is -0.00922. The van der Waals surface area contributed by atoms with Gasteiger partial charge in [0.05, 0.1) is 0 Å². The molecule has 0 saturated carbocycles. The summed E-state index contributed by atoms with van der Waals surface area (Å²) in [5.74, 6) is 1.32. The minimum Gasteiger partial charge on any atom is -0.381 e. The summed E-state index contributed by atoms with van der Waals surface area (Å²) in [6.07, 6.45) is 4.12. The molecule has 1 saturated heterocycles. The fourth-order valence-corrected chi connectivity index (χ4v) is 2.32. The van der Waals surface area contributed by atoms with Gasteiger partial charge in [0.25, 0.3) is 0 Å². The maximum atomic E-state index is 11.7. The van der Waals surface area contributed by atoms with Gasteiger partial charge in [-0.05, 0) is 38.5 Å². The van der Waals surface area contributed by atoms with Gasteiger partial charge in [-0.15, -0.1) is 24.0 Å². The van der Waals surface area contributed by atoms with Crippen molar-refractivity contribution in [3.05, 3.63) is 0 Å². The lowest BCUT2D eigenvalue weighted by Gasteiger charge is -2.21. The molecule has 8 heteroatoms. The Labute approximate surface area is 175 Å². The van der Waals surface area contributed by atoms with Crippen molar-refractivity contribution in [1.29, 1.82) is 0 Å². The van der Waals surface area contributed by atoms with E-state index >= 15 is 0 Å². The molecular formula is C18H37IN4O3. The van der Waals surface area contributed by atoms with E-state index in [1.54, 1.807) is 19.0 Å². The van der Waals surface area contributed by atoms with Crippen molar-refractivity contribution in [2.75, 3.05) is 53.6 Å². The van der Waals surface area contributed by atoms with Crippen molar-refractivity contribution in [2.24, 2.45) is 10.9 Å². The highest BCUT2D eigenvalue weighted by molar-refractivity contribution is 14.0. The number of carbonyl (C=O) groups is 1. The summed E-state index contributed by atoms with van der Waals surface area (Å²) in [4.78, 5) is 17.6. The fourth-order valence-electron chi connectivity index (χ4n) is 2.32. The van der Waals surface area contributed by atoms with Crippen LogP contribution in [-0.4, -0.2) is 76.4 Å². The molecule has 7 nitrogen and oxygen atoms in total. The number of likely N-dealkylation sites (N-methyl/N-ethyl adjacent to an activating group) is 1. The summed E-state index contributed by atoms with van der Waals surface area (Å²) < 4.78 is 11.1. The zero-order chi connectivity index (χ0) is 18.5. The Bertz CT molecular complexity index is 402. The van der Waals surface area contributed by atoms with Crippen molar-refractivity contribution in [2.45, 2.75) is 45.6 Å². The van der Waals surface area contributed by atoms with E-state index < -0.39 is 0 Å². The van der Waals surface area contributed by atoms with Crippen molar-refractivity contribution < 1.29 is 14.3 Å². The average molecular weight is 484 g/mol. The molecule has 2 N–H and O–H groups in total. The summed E-state index contributed by atoms with van der Waals surface area (Å²) in [6, 6.07) is 0.311. The molecule has 1 unspecified atom stereocenters. The van der Waals surface area contributed by atoms with Gasteiger partial charge in [-0.25, -0.2) is 4.99 Å². The molecule has 26 heavy (non-hydrogen) atoms. The van der Waals surface area contributed by atoms with Gasteiger partial charge in [0.15, 0.2) is 5.96 Å². The molecule has 1 amide bonds. The highest BCUT2D eigenvalue weighted by Gasteiger charge is 2.13. The third-order valence-corrected chi connectivity index (χ3v) is 4.32. The lowest BCUT2D eigenvalue weighted by atomic mass is 10.0. The van der Waals surface area contributed by atoms with Gasteiger partial charge < -0.3 is 25.0 Å². The Morgan fingerprint density at radius 1 is 1.35 bits per heavy atom.